The van der Waals surface area contributed by atoms with Crippen LogP contribution >= 0.6 is 0 Å². The molecule has 11 nitrogen and oxygen atoms in total. The monoisotopic (exact) mass is 544 g/mol. The van der Waals surface area contributed by atoms with Gasteiger partial charge in [0.05, 0.1) is 24.2 Å². The Labute approximate surface area is 225 Å². The number of hydrogen-bond acceptors (Lipinski definition) is 9. The van der Waals surface area contributed by atoms with Crippen molar-refractivity contribution < 1.29 is 23.4 Å². The van der Waals surface area contributed by atoms with Gasteiger partial charge < -0.3 is 25.0 Å². The largest absolute Gasteiger partial charge is 0.396 e. The van der Waals surface area contributed by atoms with E-state index in [1.807, 2.05) is 4.90 Å². The van der Waals surface area contributed by atoms with Crippen LogP contribution in [-0.2, 0) is 9.53 Å². The van der Waals surface area contributed by atoms with Gasteiger partial charge in [-0.15, -0.1) is 0 Å². The maximum absolute atomic E-state index is 14.1. The number of fused-ring (bicyclic) bond motifs is 1. The molecule has 210 valence electrons. The van der Waals surface area contributed by atoms with Crippen LogP contribution in [0.5, 0.6) is 0 Å². The summed E-state index contributed by atoms with van der Waals surface area (Å²) in [5.74, 6) is 0.488. The highest BCUT2D eigenvalue weighted by atomic mass is 19.3. The summed E-state index contributed by atoms with van der Waals surface area (Å²) in [6, 6.07) is 7.98. The van der Waals surface area contributed by atoms with Gasteiger partial charge in [0, 0.05) is 58.5 Å². The van der Waals surface area contributed by atoms with Crippen molar-refractivity contribution in [2.75, 3.05) is 75.9 Å². The number of anilines is 2. The lowest BCUT2D eigenvalue weighted by Crippen LogP contribution is -2.52. The van der Waals surface area contributed by atoms with Crippen molar-refractivity contribution in [3.63, 3.8) is 0 Å². The summed E-state index contributed by atoms with van der Waals surface area (Å²) in [6.07, 6.45) is -2.10. The lowest BCUT2D eigenvalue weighted by atomic mass is 10.2. The van der Waals surface area contributed by atoms with Crippen LogP contribution in [0.15, 0.2) is 30.3 Å². The van der Waals surface area contributed by atoms with Crippen molar-refractivity contribution in [3.8, 4) is 5.82 Å². The topological polar surface area (TPSA) is 112 Å². The second-order valence-electron chi connectivity index (χ2n) is 9.71. The number of ether oxygens (including phenoxy) is 1. The number of rotatable bonds is 9. The van der Waals surface area contributed by atoms with E-state index in [1.165, 1.54) is 4.57 Å². The molecule has 2 aromatic heterocycles. The zero-order valence-electron chi connectivity index (χ0n) is 22.0. The zero-order chi connectivity index (χ0) is 27.4. The van der Waals surface area contributed by atoms with E-state index in [4.69, 9.17) is 9.84 Å². The highest BCUT2D eigenvalue weighted by Gasteiger charge is 2.27. The Morgan fingerprint density at radius 1 is 1.05 bits per heavy atom. The van der Waals surface area contributed by atoms with Crippen LogP contribution in [0.4, 0.5) is 20.5 Å². The molecule has 0 radical (unpaired) electrons. The molecular weight excluding hydrogens is 510 g/mol. The van der Waals surface area contributed by atoms with Gasteiger partial charge in [-0.2, -0.15) is 9.97 Å². The minimum atomic E-state index is -2.81. The molecule has 0 unspecified atom stereocenters. The molecule has 4 heterocycles. The summed E-state index contributed by atoms with van der Waals surface area (Å²) in [7, 11) is 0. The minimum absolute atomic E-state index is 0.0833. The van der Waals surface area contributed by atoms with Crippen LogP contribution in [0.25, 0.3) is 16.9 Å². The smallest absolute Gasteiger partial charge is 0.296 e. The van der Waals surface area contributed by atoms with E-state index in [2.05, 4.69) is 25.2 Å². The van der Waals surface area contributed by atoms with Crippen molar-refractivity contribution in [3.05, 3.63) is 36.2 Å². The summed E-state index contributed by atoms with van der Waals surface area (Å²) >= 11 is 0. The summed E-state index contributed by atoms with van der Waals surface area (Å²) in [4.78, 5) is 32.7. The van der Waals surface area contributed by atoms with E-state index in [-0.39, 0.29) is 24.3 Å². The highest BCUT2D eigenvalue weighted by Crippen LogP contribution is 2.29. The number of aliphatic hydroxyl groups is 1. The molecule has 1 amide bonds. The Kier molecular flexibility index (Phi) is 8.48. The SMILES string of the molecule is C[C@H](Nc1nc(N2CCOCC2)cc(-n2c(C(F)F)nc3ccccc32)n1)C(=O)N1CCN(CCCO)CC1. The first-order chi connectivity index (χ1) is 18.9. The van der Waals surface area contributed by atoms with Gasteiger partial charge >= 0.3 is 0 Å². The van der Waals surface area contributed by atoms with Gasteiger partial charge in [-0.1, -0.05) is 12.1 Å². The van der Waals surface area contributed by atoms with E-state index < -0.39 is 18.3 Å². The van der Waals surface area contributed by atoms with Crippen LogP contribution in [0.3, 0.4) is 0 Å². The number of nitrogens with zero attached hydrogens (tertiary/aromatic N) is 7. The number of alkyl halides is 2. The number of carbonyl (C=O) groups excluding carboxylic acids is 1. The van der Waals surface area contributed by atoms with Crippen LogP contribution < -0.4 is 10.2 Å². The number of imidazole rings is 1. The Morgan fingerprint density at radius 3 is 2.49 bits per heavy atom. The Morgan fingerprint density at radius 2 is 1.77 bits per heavy atom. The number of carbonyl (C=O) groups is 1. The fourth-order valence-corrected chi connectivity index (χ4v) is 5.00. The van der Waals surface area contributed by atoms with E-state index in [0.29, 0.717) is 62.7 Å². The normalized spacial score (nSPS) is 17.7. The second kappa shape index (κ2) is 12.2. The van der Waals surface area contributed by atoms with Crippen molar-refractivity contribution >= 4 is 28.7 Å². The third kappa shape index (κ3) is 6.10. The number of amides is 1. The van der Waals surface area contributed by atoms with Gasteiger partial charge in [-0.05, 0) is 25.5 Å². The molecule has 2 fully saturated rings. The standard InChI is InChI=1S/C26H34F2N8O3/c1-18(25(38)35-10-8-33(9-11-35)7-4-14-37)29-26-31-21(34-12-15-39-16-13-34)17-22(32-26)36-20-6-3-2-5-19(20)30-24(36)23(27)28/h2-3,5-6,17-18,23,37H,4,7-16H2,1H3,(H,29,31,32)/t18-/m0/s1. The van der Waals surface area contributed by atoms with Crippen LogP contribution in [0.2, 0.25) is 0 Å². The summed E-state index contributed by atoms with van der Waals surface area (Å²) in [5.41, 5.74) is 0.948. The molecule has 1 aromatic carbocycles. The second-order valence-corrected chi connectivity index (χ2v) is 9.71. The number of aliphatic hydroxyl groups excluding tert-OH is 1. The lowest BCUT2D eigenvalue weighted by Gasteiger charge is -2.36. The molecule has 0 aliphatic carbocycles. The number of piperazine rings is 1. The third-order valence-electron chi connectivity index (χ3n) is 7.08. The number of nitrogens with one attached hydrogen (secondary N) is 1. The predicted octanol–water partition coefficient (Wildman–Crippen LogP) is 1.92. The molecular formula is C26H34F2N8O3. The van der Waals surface area contributed by atoms with E-state index >= 15 is 0 Å². The number of morpholine rings is 1. The van der Waals surface area contributed by atoms with Gasteiger partial charge in [-0.3, -0.25) is 14.3 Å². The zero-order valence-corrected chi connectivity index (χ0v) is 22.0. The maximum Gasteiger partial charge on any atom is 0.296 e. The molecule has 5 rings (SSSR count). The lowest BCUT2D eigenvalue weighted by molar-refractivity contribution is -0.133. The molecule has 13 heteroatoms. The van der Waals surface area contributed by atoms with E-state index in [1.54, 1.807) is 42.2 Å². The predicted molar refractivity (Wildman–Crippen MR) is 142 cm³/mol. The summed E-state index contributed by atoms with van der Waals surface area (Å²) in [5, 5.41) is 12.2. The number of hydrogen-bond donors (Lipinski definition) is 2. The third-order valence-corrected chi connectivity index (χ3v) is 7.08. The molecule has 39 heavy (non-hydrogen) atoms. The van der Waals surface area contributed by atoms with E-state index in [9.17, 15) is 13.6 Å². The van der Waals surface area contributed by atoms with Gasteiger partial charge in [0.1, 0.15) is 17.7 Å². The van der Waals surface area contributed by atoms with Gasteiger partial charge in [-0.25, -0.2) is 13.8 Å². The summed E-state index contributed by atoms with van der Waals surface area (Å²) in [6.45, 7) is 7.63. The maximum atomic E-state index is 14.1. The van der Waals surface area contributed by atoms with Crippen LogP contribution in [0.1, 0.15) is 25.6 Å². The molecule has 2 aliphatic heterocycles. The molecule has 0 saturated carbocycles. The number of para-hydroxylation sites is 2. The number of halogens is 2. The Hall–Kier alpha value is -3.42. The fraction of sp³-hybridized carbons (Fsp3) is 0.538. The number of benzene rings is 1. The Balaban J connectivity index is 1.42. The van der Waals surface area contributed by atoms with Gasteiger partial charge in [0.2, 0.25) is 11.9 Å². The highest BCUT2D eigenvalue weighted by molar-refractivity contribution is 5.84. The van der Waals surface area contributed by atoms with Crippen LogP contribution in [0, 0.1) is 0 Å². The number of aromatic nitrogens is 4. The molecule has 3 aromatic rings. The van der Waals surface area contributed by atoms with Gasteiger partial charge in [0.25, 0.3) is 6.43 Å². The quantitative estimate of drug-likeness (QED) is 0.417. The molecule has 2 saturated heterocycles. The first-order valence-electron chi connectivity index (χ1n) is 13.3. The van der Waals surface area contributed by atoms with Crippen molar-refractivity contribution in [1.82, 2.24) is 29.3 Å². The molecule has 2 N–H and O–H groups in total. The minimum Gasteiger partial charge on any atom is -0.396 e. The van der Waals surface area contributed by atoms with E-state index in [0.717, 1.165) is 19.6 Å². The fourth-order valence-electron chi connectivity index (χ4n) is 5.00. The molecule has 2 aliphatic rings. The average molecular weight is 545 g/mol. The molecule has 1 atom stereocenters. The average Bonchev–Trinajstić information content (AvgIpc) is 3.36. The first-order valence-corrected chi connectivity index (χ1v) is 13.3. The Bertz CT molecular complexity index is 1280. The van der Waals surface area contributed by atoms with Crippen molar-refractivity contribution in [2.24, 2.45) is 0 Å². The molecule has 0 bridgehead atoms. The van der Waals surface area contributed by atoms with Gasteiger partial charge in [0.15, 0.2) is 5.82 Å². The van der Waals surface area contributed by atoms with Crippen LogP contribution in [-0.4, -0.2) is 112 Å². The van der Waals surface area contributed by atoms with Crippen molar-refractivity contribution in [1.29, 1.82) is 0 Å². The summed E-state index contributed by atoms with van der Waals surface area (Å²) < 4.78 is 35.0. The molecule has 0 spiro atoms. The first kappa shape index (κ1) is 27.2. The van der Waals surface area contributed by atoms with Crippen molar-refractivity contribution in [2.45, 2.75) is 25.8 Å².